The summed E-state index contributed by atoms with van der Waals surface area (Å²) in [6, 6.07) is 6.31. The lowest BCUT2D eigenvalue weighted by Gasteiger charge is -1.97. The molecule has 0 aliphatic rings. The highest BCUT2D eigenvalue weighted by Crippen LogP contribution is 1.94. The summed E-state index contributed by atoms with van der Waals surface area (Å²) in [6.45, 7) is 11.7. The second kappa shape index (κ2) is 4.61. The smallest absolute Gasteiger partial charge is 0.0184 e. The third kappa shape index (κ3) is 2.23. The molecule has 0 aromatic heterocycles. The lowest BCUT2D eigenvalue weighted by atomic mass is 10.1. The van der Waals surface area contributed by atoms with Crippen LogP contribution in [0.4, 0.5) is 0 Å². The summed E-state index contributed by atoms with van der Waals surface area (Å²) in [7, 11) is 0. The van der Waals surface area contributed by atoms with Crippen molar-refractivity contribution in [3.8, 4) is 0 Å². The summed E-state index contributed by atoms with van der Waals surface area (Å²) in [6.07, 6.45) is 5.70. The minimum Gasteiger partial charge on any atom is -0.0990 e. The van der Waals surface area contributed by atoms with E-state index in [9.17, 15) is 0 Å². The van der Waals surface area contributed by atoms with Crippen molar-refractivity contribution in [1.82, 2.24) is 0 Å². The lowest BCUT2D eigenvalue weighted by molar-refractivity contribution is 1.43. The number of hydrogen-bond acceptors (Lipinski definition) is 0. The van der Waals surface area contributed by atoms with E-state index in [1.54, 1.807) is 0 Å². The van der Waals surface area contributed by atoms with Crippen molar-refractivity contribution in [2.75, 3.05) is 0 Å². The molecule has 0 amide bonds. The molecule has 0 heteroatoms. The van der Waals surface area contributed by atoms with Gasteiger partial charge >= 0.3 is 0 Å². The third-order valence-electron chi connectivity index (χ3n) is 2.15. The molecule has 72 valence electrons. The average Bonchev–Trinajstić information content (AvgIpc) is 2.18. The zero-order chi connectivity index (χ0) is 10.6. The quantitative estimate of drug-likeness (QED) is 0.662. The first kappa shape index (κ1) is 10.5. The van der Waals surface area contributed by atoms with Crippen LogP contribution in [0, 0.1) is 0 Å². The standard InChI is InChI=1S/C14H16/c1-5-7-13-9-8-12(6-2)10-14(13)11(3)4/h5-10H,1-2H2,3-4H3/b13-7-. The summed E-state index contributed by atoms with van der Waals surface area (Å²) in [5, 5.41) is 2.48. The van der Waals surface area contributed by atoms with E-state index < -0.39 is 0 Å². The molecular weight excluding hydrogens is 168 g/mol. The van der Waals surface area contributed by atoms with Crippen LogP contribution < -0.4 is 10.4 Å². The Bertz CT molecular complexity index is 457. The predicted octanol–water partition coefficient (Wildman–Crippen LogP) is 2.49. The van der Waals surface area contributed by atoms with E-state index in [0.717, 1.165) is 5.56 Å². The molecule has 14 heavy (non-hydrogen) atoms. The van der Waals surface area contributed by atoms with Gasteiger partial charge < -0.3 is 0 Å². The Morgan fingerprint density at radius 1 is 1.21 bits per heavy atom. The van der Waals surface area contributed by atoms with Crippen molar-refractivity contribution in [3.05, 3.63) is 53.4 Å². The molecule has 0 nitrogen and oxygen atoms in total. The largest absolute Gasteiger partial charge is 0.0990 e. The van der Waals surface area contributed by atoms with Gasteiger partial charge in [0.2, 0.25) is 0 Å². The van der Waals surface area contributed by atoms with Crippen molar-refractivity contribution in [3.63, 3.8) is 0 Å². The molecule has 0 aliphatic carbocycles. The SMILES string of the molecule is C=C/C=c1/ccc(C=C)cc1=C(C)C. The molecule has 0 fully saturated rings. The van der Waals surface area contributed by atoms with Gasteiger partial charge in [-0.3, -0.25) is 0 Å². The van der Waals surface area contributed by atoms with Gasteiger partial charge in [-0.1, -0.05) is 49.1 Å². The maximum atomic E-state index is 3.77. The Balaban J connectivity index is 3.65. The second-order valence-electron chi connectivity index (χ2n) is 3.45. The topological polar surface area (TPSA) is 0 Å². The molecule has 1 aromatic carbocycles. The molecular formula is C14H16. The van der Waals surface area contributed by atoms with Gasteiger partial charge in [0.05, 0.1) is 0 Å². The number of allylic oxidation sites excluding steroid dienone is 1. The summed E-state index contributed by atoms with van der Waals surface area (Å²) < 4.78 is 0. The summed E-state index contributed by atoms with van der Waals surface area (Å²) in [5.74, 6) is 0. The Labute approximate surface area is 85.6 Å². The zero-order valence-electron chi connectivity index (χ0n) is 8.88. The predicted molar refractivity (Wildman–Crippen MR) is 65.2 cm³/mol. The molecule has 0 unspecified atom stereocenters. The second-order valence-corrected chi connectivity index (χ2v) is 3.45. The fourth-order valence-corrected chi connectivity index (χ4v) is 1.41. The number of benzene rings is 1. The highest BCUT2D eigenvalue weighted by molar-refractivity contribution is 5.52. The highest BCUT2D eigenvalue weighted by atomic mass is 13.9. The average molecular weight is 184 g/mol. The summed E-state index contributed by atoms with van der Waals surface area (Å²) >= 11 is 0. The van der Waals surface area contributed by atoms with Gasteiger partial charge in [0, 0.05) is 0 Å². The number of hydrogen-bond donors (Lipinski definition) is 0. The van der Waals surface area contributed by atoms with E-state index in [4.69, 9.17) is 0 Å². The van der Waals surface area contributed by atoms with Crippen molar-refractivity contribution < 1.29 is 0 Å². The summed E-state index contributed by atoms with van der Waals surface area (Å²) in [4.78, 5) is 0. The maximum Gasteiger partial charge on any atom is -0.0184 e. The van der Waals surface area contributed by atoms with Crippen LogP contribution in [0.15, 0.2) is 37.4 Å². The summed E-state index contributed by atoms with van der Waals surface area (Å²) in [5.41, 5.74) is 2.46. The molecule has 0 heterocycles. The third-order valence-corrected chi connectivity index (χ3v) is 2.15. The molecule has 0 atom stereocenters. The van der Waals surface area contributed by atoms with Gasteiger partial charge in [-0.15, -0.1) is 0 Å². The van der Waals surface area contributed by atoms with Gasteiger partial charge in [-0.05, 0) is 35.9 Å². The molecule has 1 rings (SSSR count). The zero-order valence-corrected chi connectivity index (χ0v) is 8.88. The first-order valence-electron chi connectivity index (χ1n) is 4.72. The van der Waals surface area contributed by atoms with E-state index in [0.29, 0.717) is 0 Å². The Morgan fingerprint density at radius 2 is 1.93 bits per heavy atom. The van der Waals surface area contributed by atoms with Crippen LogP contribution in [0.2, 0.25) is 0 Å². The Kier molecular flexibility index (Phi) is 3.47. The van der Waals surface area contributed by atoms with Crippen LogP contribution in [0.3, 0.4) is 0 Å². The normalized spacial score (nSPS) is 11.1. The maximum absolute atomic E-state index is 3.77. The van der Waals surface area contributed by atoms with Crippen molar-refractivity contribution in [1.29, 1.82) is 0 Å². The van der Waals surface area contributed by atoms with Crippen LogP contribution in [0.1, 0.15) is 19.4 Å². The van der Waals surface area contributed by atoms with Crippen LogP contribution in [-0.2, 0) is 0 Å². The van der Waals surface area contributed by atoms with Crippen LogP contribution >= 0.6 is 0 Å². The van der Waals surface area contributed by atoms with Gasteiger partial charge in [0.1, 0.15) is 0 Å². The van der Waals surface area contributed by atoms with Crippen molar-refractivity contribution >= 4 is 17.7 Å². The highest BCUT2D eigenvalue weighted by Gasteiger charge is 1.89. The van der Waals surface area contributed by atoms with E-state index in [1.165, 1.54) is 16.0 Å². The van der Waals surface area contributed by atoms with Gasteiger partial charge in [-0.2, -0.15) is 0 Å². The van der Waals surface area contributed by atoms with Gasteiger partial charge in [-0.25, -0.2) is 0 Å². The van der Waals surface area contributed by atoms with Gasteiger partial charge in [0.25, 0.3) is 0 Å². The molecule has 0 spiro atoms. The Morgan fingerprint density at radius 3 is 2.43 bits per heavy atom. The lowest BCUT2D eigenvalue weighted by Crippen LogP contribution is -2.25. The molecule has 0 aliphatic heterocycles. The first-order chi connectivity index (χ1) is 6.69. The van der Waals surface area contributed by atoms with Gasteiger partial charge in [0.15, 0.2) is 0 Å². The number of rotatable bonds is 2. The minimum atomic E-state index is 1.16. The van der Waals surface area contributed by atoms with Crippen LogP contribution in [0.25, 0.3) is 17.7 Å². The monoisotopic (exact) mass is 184 g/mol. The van der Waals surface area contributed by atoms with E-state index in [2.05, 4.69) is 45.2 Å². The first-order valence-corrected chi connectivity index (χ1v) is 4.72. The molecule has 0 bridgehead atoms. The molecule has 0 radical (unpaired) electrons. The van der Waals surface area contributed by atoms with E-state index in [1.807, 2.05) is 18.2 Å². The molecule has 0 N–H and O–H groups in total. The van der Waals surface area contributed by atoms with Crippen LogP contribution in [-0.4, -0.2) is 0 Å². The van der Waals surface area contributed by atoms with E-state index in [-0.39, 0.29) is 0 Å². The van der Waals surface area contributed by atoms with Crippen molar-refractivity contribution in [2.45, 2.75) is 13.8 Å². The van der Waals surface area contributed by atoms with Crippen molar-refractivity contribution in [2.24, 2.45) is 0 Å². The minimum absolute atomic E-state index is 1.16. The fourth-order valence-electron chi connectivity index (χ4n) is 1.41. The van der Waals surface area contributed by atoms with E-state index >= 15 is 0 Å². The fraction of sp³-hybridized carbons (Fsp3) is 0.143. The molecule has 1 aromatic rings. The Hall–Kier alpha value is -1.56. The van der Waals surface area contributed by atoms with Crippen LogP contribution in [0.5, 0.6) is 0 Å². The molecule has 0 saturated carbocycles. The molecule has 0 saturated heterocycles.